The van der Waals surface area contributed by atoms with E-state index in [0.717, 1.165) is 5.56 Å². The van der Waals surface area contributed by atoms with Crippen LogP contribution in [0.1, 0.15) is 23.6 Å². The second-order valence-electron chi connectivity index (χ2n) is 4.32. The maximum absolute atomic E-state index is 13.7. The van der Waals surface area contributed by atoms with Crippen LogP contribution in [0.2, 0.25) is 0 Å². The molecule has 1 heterocycles. The fraction of sp³-hybridized carbons (Fsp3) is 0.417. The maximum atomic E-state index is 13.7. The minimum absolute atomic E-state index is 0.00651. The van der Waals surface area contributed by atoms with E-state index in [4.69, 9.17) is 5.73 Å². The van der Waals surface area contributed by atoms with Crippen molar-refractivity contribution in [1.82, 2.24) is 5.32 Å². The van der Waals surface area contributed by atoms with Gasteiger partial charge in [-0.1, -0.05) is 12.1 Å². The summed E-state index contributed by atoms with van der Waals surface area (Å²) in [5.74, 6) is -0.301. The number of amides is 1. The van der Waals surface area contributed by atoms with E-state index in [-0.39, 0.29) is 17.6 Å². The molecular weight excluding hydrogens is 207 g/mol. The lowest BCUT2D eigenvalue weighted by Crippen LogP contribution is -2.24. The number of aryl methyl sites for hydroxylation is 1. The average Bonchev–Trinajstić information content (AvgIpc) is 2.64. The highest BCUT2D eigenvalue weighted by Gasteiger charge is 2.29. The molecule has 1 aliphatic heterocycles. The van der Waals surface area contributed by atoms with Gasteiger partial charge in [-0.05, 0) is 18.6 Å². The lowest BCUT2D eigenvalue weighted by Gasteiger charge is -2.18. The van der Waals surface area contributed by atoms with E-state index >= 15 is 0 Å². The minimum Gasteiger partial charge on any atom is -0.356 e. The lowest BCUT2D eigenvalue weighted by atomic mass is 9.92. The highest BCUT2D eigenvalue weighted by molar-refractivity contribution is 5.78. The van der Waals surface area contributed by atoms with Crippen molar-refractivity contribution < 1.29 is 9.18 Å². The molecule has 2 atom stereocenters. The van der Waals surface area contributed by atoms with Gasteiger partial charge in [0.15, 0.2) is 0 Å². The molecule has 1 amide bonds. The van der Waals surface area contributed by atoms with Crippen LogP contribution in [0.15, 0.2) is 18.2 Å². The summed E-state index contributed by atoms with van der Waals surface area (Å²) < 4.78 is 13.7. The molecule has 0 aliphatic carbocycles. The van der Waals surface area contributed by atoms with Crippen molar-refractivity contribution in [2.24, 2.45) is 11.7 Å². The van der Waals surface area contributed by atoms with Gasteiger partial charge in [-0.3, -0.25) is 4.79 Å². The molecule has 3 nitrogen and oxygen atoms in total. The van der Waals surface area contributed by atoms with Crippen molar-refractivity contribution in [3.63, 3.8) is 0 Å². The van der Waals surface area contributed by atoms with Crippen LogP contribution < -0.4 is 11.1 Å². The first kappa shape index (κ1) is 11.1. The number of rotatable bonds is 2. The molecule has 1 fully saturated rings. The molecule has 86 valence electrons. The standard InChI is InChI=1S/C12H15FN2O/c1-7-2-3-9(10(13)4-7)12(14)8-5-11(16)15-6-8/h2-4,8,12H,5-6,14H2,1H3,(H,15,16). The molecule has 1 aromatic carbocycles. The van der Waals surface area contributed by atoms with Gasteiger partial charge in [0.2, 0.25) is 5.91 Å². The minimum atomic E-state index is -0.417. The van der Waals surface area contributed by atoms with Crippen LogP contribution in [0.4, 0.5) is 4.39 Å². The number of carbonyl (C=O) groups excluding carboxylic acids is 1. The molecule has 0 bridgehead atoms. The summed E-state index contributed by atoms with van der Waals surface area (Å²) in [5, 5.41) is 2.71. The predicted octanol–water partition coefficient (Wildman–Crippen LogP) is 1.27. The Balaban J connectivity index is 2.20. The van der Waals surface area contributed by atoms with E-state index < -0.39 is 6.04 Å². The SMILES string of the molecule is Cc1ccc(C(N)C2CNC(=O)C2)c(F)c1. The summed E-state index contributed by atoms with van der Waals surface area (Å²) in [6.45, 7) is 2.37. The van der Waals surface area contributed by atoms with Crippen LogP contribution in [0.3, 0.4) is 0 Å². The monoisotopic (exact) mass is 222 g/mol. The van der Waals surface area contributed by atoms with Crippen LogP contribution in [0.25, 0.3) is 0 Å². The van der Waals surface area contributed by atoms with Crippen LogP contribution in [0.5, 0.6) is 0 Å². The van der Waals surface area contributed by atoms with E-state index in [1.165, 1.54) is 6.07 Å². The molecule has 0 radical (unpaired) electrons. The van der Waals surface area contributed by atoms with Crippen LogP contribution in [-0.4, -0.2) is 12.5 Å². The van der Waals surface area contributed by atoms with Crippen molar-refractivity contribution in [2.75, 3.05) is 6.54 Å². The van der Waals surface area contributed by atoms with Crippen LogP contribution in [-0.2, 0) is 4.79 Å². The van der Waals surface area contributed by atoms with Crippen LogP contribution in [0, 0.1) is 18.7 Å². The van der Waals surface area contributed by atoms with Gasteiger partial charge >= 0.3 is 0 Å². The molecule has 0 saturated carbocycles. The van der Waals surface area contributed by atoms with Gasteiger partial charge in [0.25, 0.3) is 0 Å². The van der Waals surface area contributed by atoms with Gasteiger partial charge < -0.3 is 11.1 Å². The first-order chi connectivity index (χ1) is 7.58. The van der Waals surface area contributed by atoms with Gasteiger partial charge in [0.1, 0.15) is 5.82 Å². The number of halogens is 1. The average molecular weight is 222 g/mol. The third-order valence-electron chi connectivity index (χ3n) is 3.03. The zero-order chi connectivity index (χ0) is 11.7. The van der Waals surface area contributed by atoms with Crippen molar-refractivity contribution in [3.05, 3.63) is 35.1 Å². The summed E-state index contributed by atoms with van der Waals surface area (Å²) in [7, 11) is 0. The predicted molar refractivity (Wildman–Crippen MR) is 59.2 cm³/mol. The number of carbonyl (C=O) groups is 1. The highest BCUT2D eigenvalue weighted by atomic mass is 19.1. The number of benzene rings is 1. The summed E-state index contributed by atoms with van der Waals surface area (Å²) in [6.07, 6.45) is 0.383. The molecular formula is C12H15FN2O. The van der Waals surface area contributed by atoms with E-state index in [1.807, 2.05) is 13.0 Å². The third kappa shape index (κ3) is 2.07. The van der Waals surface area contributed by atoms with Gasteiger partial charge in [0.05, 0.1) is 0 Å². The topological polar surface area (TPSA) is 55.1 Å². The quantitative estimate of drug-likeness (QED) is 0.791. The van der Waals surface area contributed by atoms with E-state index in [1.54, 1.807) is 6.07 Å². The number of hydrogen-bond donors (Lipinski definition) is 2. The smallest absolute Gasteiger partial charge is 0.220 e. The van der Waals surface area contributed by atoms with Gasteiger partial charge in [0, 0.05) is 30.5 Å². The van der Waals surface area contributed by atoms with Crippen molar-refractivity contribution in [1.29, 1.82) is 0 Å². The van der Waals surface area contributed by atoms with Crippen molar-refractivity contribution in [3.8, 4) is 0 Å². The fourth-order valence-electron chi connectivity index (χ4n) is 2.04. The Kier molecular flexibility index (Phi) is 2.92. The third-order valence-corrected chi connectivity index (χ3v) is 3.03. The van der Waals surface area contributed by atoms with E-state index in [0.29, 0.717) is 18.5 Å². The number of nitrogens with one attached hydrogen (secondary N) is 1. The molecule has 4 heteroatoms. The second kappa shape index (κ2) is 4.22. The molecule has 2 unspecified atom stereocenters. The summed E-state index contributed by atoms with van der Waals surface area (Å²) >= 11 is 0. The molecule has 16 heavy (non-hydrogen) atoms. The maximum Gasteiger partial charge on any atom is 0.220 e. The summed E-state index contributed by atoms with van der Waals surface area (Å²) in [5.41, 5.74) is 7.34. The molecule has 0 aromatic heterocycles. The highest BCUT2D eigenvalue weighted by Crippen LogP contribution is 2.27. The lowest BCUT2D eigenvalue weighted by molar-refractivity contribution is -0.119. The number of hydrogen-bond acceptors (Lipinski definition) is 2. The molecule has 0 spiro atoms. The van der Waals surface area contributed by atoms with Gasteiger partial charge in [-0.25, -0.2) is 4.39 Å². The zero-order valence-corrected chi connectivity index (χ0v) is 9.16. The summed E-state index contributed by atoms with van der Waals surface area (Å²) in [4.78, 5) is 11.1. The van der Waals surface area contributed by atoms with Crippen molar-refractivity contribution in [2.45, 2.75) is 19.4 Å². The van der Waals surface area contributed by atoms with Gasteiger partial charge in [-0.15, -0.1) is 0 Å². The fourth-order valence-corrected chi connectivity index (χ4v) is 2.04. The van der Waals surface area contributed by atoms with Crippen LogP contribution >= 0.6 is 0 Å². The molecule has 1 aliphatic rings. The number of nitrogens with two attached hydrogens (primary N) is 1. The Morgan fingerprint density at radius 3 is 2.88 bits per heavy atom. The van der Waals surface area contributed by atoms with Gasteiger partial charge in [-0.2, -0.15) is 0 Å². The Bertz CT molecular complexity index is 419. The first-order valence-electron chi connectivity index (χ1n) is 5.36. The molecule has 1 saturated heterocycles. The Labute approximate surface area is 93.8 Å². The normalized spacial score (nSPS) is 21.9. The zero-order valence-electron chi connectivity index (χ0n) is 9.16. The Hall–Kier alpha value is -1.42. The Morgan fingerprint density at radius 1 is 1.56 bits per heavy atom. The Morgan fingerprint density at radius 2 is 2.31 bits per heavy atom. The first-order valence-corrected chi connectivity index (χ1v) is 5.36. The van der Waals surface area contributed by atoms with E-state index in [2.05, 4.69) is 5.32 Å². The molecule has 1 aromatic rings. The molecule has 2 rings (SSSR count). The molecule has 3 N–H and O–H groups in total. The second-order valence-corrected chi connectivity index (χ2v) is 4.32. The largest absolute Gasteiger partial charge is 0.356 e. The summed E-state index contributed by atoms with van der Waals surface area (Å²) in [6, 6.07) is 4.60. The van der Waals surface area contributed by atoms with E-state index in [9.17, 15) is 9.18 Å². The van der Waals surface area contributed by atoms with Crippen molar-refractivity contribution >= 4 is 5.91 Å².